The second-order valence-electron chi connectivity index (χ2n) is 10.8. The number of anilines is 2. The fraction of sp³-hybridized carbons (Fsp3) is 0.438. The predicted octanol–water partition coefficient (Wildman–Crippen LogP) is 6.35. The maximum absolute atomic E-state index is 14.1. The standard InChI is InChI=1S/C32H39F2N5O/c1-2-24(20-28(34)6-5-13-33)23-39-19-14-35-31-30(39)21-27(22-36-31)25-7-9-26(10-8-25)32(40)38-17-11-29(12-18-38)37-15-3-4-16-37/h5-10,13,20-22,29H,2-4,11-12,14-19,23H2,1H3,(H,35,36)/b13-5+,24-20+,28-6+. The molecule has 0 radical (unpaired) electrons. The van der Waals surface area contributed by atoms with Gasteiger partial charge in [0, 0.05) is 56.1 Å². The normalized spacial score (nSPS) is 19.3. The Hall–Kier alpha value is -3.52. The number of likely N-dealkylation sites (tertiary alicyclic amines) is 2. The first-order valence-electron chi connectivity index (χ1n) is 14.5. The van der Waals surface area contributed by atoms with E-state index in [-0.39, 0.29) is 5.91 Å². The van der Waals surface area contributed by atoms with E-state index in [0.29, 0.717) is 30.9 Å². The van der Waals surface area contributed by atoms with Crippen LogP contribution in [0.15, 0.2) is 72.5 Å². The highest BCUT2D eigenvalue weighted by Gasteiger charge is 2.28. The first kappa shape index (κ1) is 28.0. The summed E-state index contributed by atoms with van der Waals surface area (Å²) in [7, 11) is 0. The van der Waals surface area contributed by atoms with E-state index in [0.717, 1.165) is 79.4 Å². The van der Waals surface area contributed by atoms with Crippen LogP contribution in [0, 0.1) is 0 Å². The van der Waals surface area contributed by atoms with Crippen LogP contribution in [0.5, 0.6) is 0 Å². The summed E-state index contributed by atoms with van der Waals surface area (Å²) in [5, 5.41) is 3.35. The number of nitrogens with zero attached hydrogens (tertiary/aromatic N) is 4. The van der Waals surface area contributed by atoms with E-state index in [1.165, 1.54) is 32.0 Å². The number of allylic oxidation sites excluding steroid dienone is 4. The highest BCUT2D eigenvalue weighted by molar-refractivity contribution is 5.95. The second kappa shape index (κ2) is 13.2. The second-order valence-corrected chi connectivity index (χ2v) is 10.8. The van der Waals surface area contributed by atoms with Crippen molar-refractivity contribution in [3.63, 3.8) is 0 Å². The summed E-state index contributed by atoms with van der Waals surface area (Å²) in [6, 6.07) is 10.5. The van der Waals surface area contributed by atoms with Gasteiger partial charge in [0.25, 0.3) is 5.91 Å². The molecule has 6 nitrogen and oxygen atoms in total. The minimum absolute atomic E-state index is 0.104. The average Bonchev–Trinajstić information content (AvgIpc) is 3.55. The van der Waals surface area contributed by atoms with Crippen molar-refractivity contribution in [2.24, 2.45) is 0 Å². The molecule has 3 aliphatic rings. The molecule has 1 amide bonds. The molecule has 2 saturated heterocycles. The number of halogens is 2. The molecule has 5 rings (SSSR count). The zero-order valence-corrected chi connectivity index (χ0v) is 23.3. The number of nitrogens with one attached hydrogen (secondary N) is 1. The van der Waals surface area contributed by atoms with Gasteiger partial charge in [0.2, 0.25) is 0 Å². The molecule has 0 spiro atoms. The Balaban J connectivity index is 1.26. The number of piperidine rings is 1. The minimum atomic E-state index is -0.474. The van der Waals surface area contributed by atoms with Crippen molar-refractivity contribution in [3.8, 4) is 11.1 Å². The molecular weight excluding hydrogens is 508 g/mol. The van der Waals surface area contributed by atoms with Gasteiger partial charge in [-0.3, -0.25) is 4.79 Å². The molecular formula is C32H39F2N5O. The van der Waals surface area contributed by atoms with E-state index in [1.807, 2.05) is 42.3 Å². The Morgan fingerprint density at radius 3 is 2.52 bits per heavy atom. The number of hydrogen-bond donors (Lipinski definition) is 1. The smallest absolute Gasteiger partial charge is 0.253 e. The molecule has 0 unspecified atom stereocenters. The van der Waals surface area contributed by atoms with Crippen LogP contribution in [0.1, 0.15) is 49.4 Å². The van der Waals surface area contributed by atoms with Crippen molar-refractivity contribution < 1.29 is 13.6 Å². The maximum atomic E-state index is 14.1. The summed E-state index contributed by atoms with van der Waals surface area (Å²) < 4.78 is 26.4. The number of rotatable bonds is 8. The molecule has 1 N–H and O–H groups in total. The van der Waals surface area contributed by atoms with Crippen LogP contribution in [0.4, 0.5) is 20.3 Å². The van der Waals surface area contributed by atoms with E-state index < -0.39 is 5.83 Å². The summed E-state index contributed by atoms with van der Waals surface area (Å²) in [5.74, 6) is 0.428. The molecule has 0 bridgehead atoms. The molecule has 0 atom stereocenters. The summed E-state index contributed by atoms with van der Waals surface area (Å²) >= 11 is 0. The Bertz CT molecular complexity index is 1260. The highest BCUT2D eigenvalue weighted by Crippen LogP contribution is 2.33. The highest BCUT2D eigenvalue weighted by atomic mass is 19.1. The van der Waals surface area contributed by atoms with Gasteiger partial charge >= 0.3 is 0 Å². The van der Waals surface area contributed by atoms with Crippen molar-refractivity contribution in [1.82, 2.24) is 14.8 Å². The fourth-order valence-corrected chi connectivity index (χ4v) is 5.99. The molecule has 0 saturated carbocycles. The van der Waals surface area contributed by atoms with Gasteiger partial charge in [-0.05, 0) is 92.8 Å². The predicted molar refractivity (Wildman–Crippen MR) is 158 cm³/mol. The minimum Gasteiger partial charge on any atom is -0.367 e. The lowest BCUT2D eigenvalue weighted by molar-refractivity contribution is 0.0644. The molecule has 4 heterocycles. The van der Waals surface area contributed by atoms with Crippen molar-refractivity contribution in [1.29, 1.82) is 0 Å². The summed E-state index contributed by atoms with van der Waals surface area (Å²) in [6.07, 6.45) is 11.2. The van der Waals surface area contributed by atoms with Crippen molar-refractivity contribution in [2.45, 2.75) is 45.1 Å². The zero-order chi connectivity index (χ0) is 27.9. The van der Waals surface area contributed by atoms with Gasteiger partial charge in [-0.25, -0.2) is 13.8 Å². The fourth-order valence-electron chi connectivity index (χ4n) is 5.99. The Morgan fingerprint density at radius 1 is 1.07 bits per heavy atom. The van der Waals surface area contributed by atoms with Crippen molar-refractivity contribution >= 4 is 17.4 Å². The molecule has 212 valence electrons. The van der Waals surface area contributed by atoms with Crippen molar-refractivity contribution in [2.75, 3.05) is 56.0 Å². The maximum Gasteiger partial charge on any atom is 0.253 e. The molecule has 1 aromatic heterocycles. The number of pyridine rings is 1. The van der Waals surface area contributed by atoms with Gasteiger partial charge in [0.05, 0.1) is 12.0 Å². The van der Waals surface area contributed by atoms with Crippen LogP contribution in [0.25, 0.3) is 11.1 Å². The Labute approximate surface area is 236 Å². The summed E-state index contributed by atoms with van der Waals surface area (Å²) in [4.78, 5) is 24.7. The van der Waals surface area contributed by atoms with Crippen LogP contribution < -0.4 is 10.2 Å². The first-order chi connectivity index (χ1) is 19.6. The third kappa shape index (κ3) is 6.61. The average molecular weight is 548 g/mol. The van der Waals surface area contributed by atoms with Gasteiger partial charge in [-0.15, -0.1) is 0 Å². The molecule has 8 heteroatoms. The zero-order valence-electron chi connectivity index (χ0n) is 23.3. The number of carbonyl (C=O) groups is 1. The third-order valence-electron chi connectivity index (χ3n) is 8.27. The monoisotopic (exact) mass is 547 g/mol. The topological polar surface area (TPSA) is 51.7 Å². The lowest BCUT2D eigenvalue weighted by Gasteiger charge is -2.36. The molecule has 0 aliphatic carbocycles. The van der Waals surface area contributed by atoms with Crippen LogP contribution in [0.2, 0.25) is 0 Å². The lowest BCUT2D eigenvalue weighted by Crippen LogP contribution is -2.45. The Morgan fingerprint density at radius 2 is 1.82 bits per heavy atom. The molecule has 1 aromatic carbocycles. The van der Waals surface area contributed by atoms with Crippen LogP contribution in [0.3, 0.4) is 0 Å². The van der Waals surface area contributed by atoms with Gasteiger partial charge in [-0.1, -0.05) is 19.1 Å². The number of aromatic nitrogens is 1. The SMILES string of the molecule is CC\C(=C/C(F)=C\C=C\F)CN1CCNc2ncc(-c3ccc(C(=O)N4CCC(N5CCCC5)CC4)cc3)cc21. The molecule has 2 fully saturated rings. The van der Waals surface area contributed by atoms with Gasteiger partial charge in [-0.2, -0.15) is 0 Å². The van der Waals surface area contributed by atoms with Crippen LogP contribution in [-0.4, -0.2) is 72.5 Å². The Kier molecular flexibility index (Phi) is 9.26. The van der Waals surface area contributed by atoms with E-state index in [9.17, 15) is 13.6 Å². The van der Waals surface area contributed by atoms with Crippen LogP contribution in [-0.2, 0) is 0 Å². The van der Waals surface area contributed by atoms with E-state index in [2.05, 4.69) is 26.2 Å². The van der Waals surface area contributed by atoms with E-state index in [4.69, 9.17) is 0 Å². The van der Waals surface area contributed by atoms with Gasteiger partial charge in [0.15, 0.2) is 0 Å². The van der Waals surface area contributed by atoms with E-state index in [1.54, 1.807) is 0 Å². The van der Waals surface area contributed by atoms with Gasteiger partial charge in [0.1, 0.15) is 11.6 Å². The quantitative estimate of drug-likeness (QED) is 0.390. The van der Waals surface area contributed by atoms with Gasteiger partial charge < -0.3 is 20.0 Å². The summed E-state index contributed by atoms with van der Waals surface area (Å²) in [6.45, 7) is 8.09. The van der Waals surface area contributed by atoms with E-state index >= 15 is 0 Å². The summed E-state index contributed by atoms with van der Waals surface area (Å²) in [5.41, 5.74) is 4.53. The molecule has 40 heavy (non-hydrogen) atoms. The number of hydrogen-bond acceptors (Lipinski definition) is 5. The molecule has 2 aromatic rings. The lowest BCUT2D eigenvalue weighted by atomic mass is 10.0. The van der Waals surface area contributed by atoms with Crippen molar-refractivity contribution in [3.05, 3.63) is 78.0 Å². The number of amides is 1. The van der Waals surface area contributed by atoms with Crippen LogP contribution >= 0.6 is 0 Å². The number of benzene rings is 1. The largest absolute Gasteiger partial charge is 0.367 e. The number of fused-ring (bicyclic) bond motifs is 1. The number of carbonyl (C=O) groups excluding carboxylic acids is 1. The first-order valence-corrected chi connectivity index (χ1v) is 14.5. The third-order valence-corrected chi connectivity index (χ3v) is 8.27. The molecule has 3 aliphatic heterocycles.